The van der Waals surface area contributed by atoms with Crippen LogP contribution in [-0.4, -0.2) is 23.3 Å². The quantitative estimate of drug-likeness (QED) is 0.354. The van der Waals surface area contributed by atoms with Gasteiger partial charge in [-0.2, -0.15) is 0 Å². The second-order valence-corrected chi connectivity index (χ2v) is 11.7. The molecule has 4 aliphatic carbocycles. The maximum Gasteiger partial charge on any atom is 0.130 e. The minimum atomic E-state index is -0.878. The van der Waals surface area contributed by atoms with Crippen molar-refractivity contribution < 1.29 is 5.11 Å². The van der Waals surface area contributed by atoms with Crippen LogP contribution in [0.1, 0.15) is 91.9 Å². The van der Waals surface area contributed by atoms with Gasteiger partial charge in [-0.3, -0.25) is 0 Å². The molecule has 162 valence electrons. The Morgan fingerprint density at radius 1 is 1.14 bits per heavy atom. The number of hydrogen-bond acceptors (Lipinski definition) is 2. The molecule has 0 spiro atoms. The highest BCUT2D eigenvalue weighted by molar-refractivity contribution is 5.29. The second kappa shape index (κ2) is 7.72. The van der Waals surface area contributed by atoms with E-state index in [9.17, 15) is 5.11 Å². The zero-order valence-corrected chi connectivity index (χ0v) is 19.3. The molecule has 0 aliphatic heterocycles. The van der Waals surface area contributed by atoms with E-state index >= 15 is 0 Å². The van der Waals surface area contributed by atoms with E-state index in [2.05, 4.69) is 45.0 Å². The van der Waals surface area contributed by atoms with E-state index in [0.717, 1.165) is 43.6 Å². The molecular formula is C27H43NO. The van der Waals surface area contributed by atoms with Crippen LogP contribution in [0.2, 0.25) is 0 Å². The van der Waals surface area contributed by atoms with Crippen molar-refractivity contribution in [1.29, 1.82) is 0 Å². The first-order valence-corrected chi connectivity index (χ1v) is 12.4. The van der Waals surface area contributed by atoms with Gasteiger partial charge in [-0.25, -0.2) is 0 Å². The molecule has 0 aromatic heterocycles. The van der Waals surface area contributed by atoms with Gasteiger partial charge in [0, 0.05) is 11.5 Å². The van der Waals surface area contributed by atoms with E-state index in [1.165, 1.54) is 44.9 Å². The van der Waals surface area contributed by atoms with Crippen LogP contribution >= 0.6 is 0 Å². The third-order valence-corrected chi connectivity index (χ3v) is 9.87. The van der Waals surface area contributed by atoms with Crippen LogP contribution in [0.4, 0.5) is 0 Å². The van der Waals surface area contributed by atoms with Crippen LogP contribution in [0.15, 0.2) is 11.6 Å². The molecule has 0 aromatic rings. The molecule has 3 unspecified atom stereocenters. The second-order valence-electron chi connectivity index (χ2n) is 11.7. The van der Waals surface area contributed by atoms with Crippen molar-refractivity contribution in [2.75, 3.05) is 6.54 Å². The van der Waals surface area contributed by atoms with Gasteiger partial charge in [0.15, 0.2) is 0 Å². The Bertz CT molecular complexity index is 689. The van der Waals surface area contributed by atoms with Crippen molar-refractivity contribution in [2.45, 2.75) is 104 Å². The summed E-state index contributed by atoms with van der Waals surface area (Å²) in [5.74, 6) is 5.75. The van der Waals surface area contributed by atoms with E-state index in [4.69, 9.17) is 6.42 Å². The number of allylic oxidation sites excluding steroid dienone is 1. The minimum absolute atomic E-state index is 0.0737. The number of nitrogens with one attached hydrogen (secondary N) is 1. The Morgan fingerprint density at radius 2 is 1.90 bits per heavy atom. The average Bonchev–Trinajstić information content (AvgIpc) is 2.97. The number of rotatable bonds is 5. The molecule has 3 fully saturated rings. The van der Waals surface area contributed by atoms with Gasteiger partial charge in [0.05, 0.1) is 0 Å². The summed E-state index contributed by atoms with van der Waals surface area (Å²) in [5.41, 5.74) is 1.16. The zero-order chi connectivity index (χ0) is 20.9. The van der Waals surface area contributed by atoms with Gasteiger partial charge in [0.1, 0.15) is 5.60 Å². The number of hydrogen-bond donors (Lipinski definition) is 2. The predicted octanol–water partition coefficient (Wildman–Crippen LogP) is 5.71. The topological polar surface area (TPSA) is 32.3 Å². The van der Waals surface area contributed by atoms with Gasteiger partial charge in [-0.05, 0) is 99.8 Å². The summed E-state index contributed by atoms with van der Waals surface area (Å²) in [4.78, 5) is 0. The number of aliphatic hydroxyl groups is 1. The maximum absolute atomic E-state index is 11.2. The third-order valence-electron chi connectivity index (χ3n) is 9.87. The first-order valence-electron chi connectivity index (χ1n) is 12.4. The Hall–Kier alpha value is -0.780. The minimum Gasteiger partial charge on any atom is -0.377 e. The van der Waals surface area contributed by atoms with Gasteiger partial charge in [-0.1, -0.05) is 45.3 Å². The average molecular weight is 398 g/mol. The molecule has 0 amide bonds. The molecule has 3 saturated carbocycles. The largest absolute Gasteiger partial charge is 0.377 e. The van der Waals surface area contributed by atoms with Gasteiger partial charge in [0.25, 0.3) is 0 Å². The van der Waals surface area contributed by atoms with Crippen LogP contribution in [0.25, 0.3) is 0 Å². The number of terminal acetylenes is 1. The molecule has 2 heteroatoms. The molecule has 2 nitrogen and oxygen atoms in total. The lowest BCUT2D eigenvalue weighted by Crippen LogP contribution is -2.54. The summed E-state index contributed by atoms with van der Waals surface area (Å²) in [6, 6.07) is 0.577. The van der Waals surface area contributed by atoms with Crippen LogP contribution in [0, 0.1) is 46.8 Å². The molecule has 0 bridgehead atoms. The van der Waals surface area contributed by atoms with Crippen LogP contribution in [0.3, 0.4) is 0 Å². The van der Waals surface area contributed by atoms with E-state index in [1.807, 2.05) is 0 Å². The van der Waals surface area contributed by atoms with Gasteiger partial charge in [-0.15, -0.1) is 6.42 Å². The first kappa shape index (κ1) is 21.5. The van der Waals surface area contributed by atoms with Crippen molar-refractivity contribution in [1.82, 2.24) is 5.32 Å². The molecular weight excluding hydrogens is 354 g/mol. The van der Waals surface area contributed by atoms with Crippen LogP contribution < -0.4 is 5.32 Å². The summed E-state index contributed by atoms with van der Waals surface area (Å²) < 4.78 is 0. The van der Waals surface area contributed by atoms with Gasteiger partial charge in [0.2, 0.25) is 0 Å². The van der Waals surface area contributed by atoms with E-state index in [0.29, 0.717) is 17.4 Å². The predicted molar refractivity (Wildman–Crippen MR) is 121 cm³/mol. The van der Waals surface area contributed by atoms with Crippen molar-refractivity contribution in [3.8, 4) is 12.3 Å². The maximum atomic E-state index is 11.2. The molecule has 29 heavy (non-hydrogen) atoms. The smallest absolute Gasteiger partial charge is 0.130 e. The molecule has 4 rings (SSSR count). The molecule has 7 atom stereocenters. The lowest BCUT2D eigenvalue weighted by atomic mass is 9.46. The SMILES string of the molecule is C#C[C@]1(O)CCC2C3CCC4=C[C@@H](NCCCC(C)C)CC[C@]4(C)C3CC[C@@]21C. The third kappa shape index (κ3) is 3.41. The molecule has 0 aromatic carbocycles. The highest BCUT2D eigenvalue weighted by Gasteiger charge is 2.63. The highest BCUT2D eigenvalue weighted by Crippen LogP contribution is 2.67. The highest BCUT2D eigenvalue weighted by atomic mass is 16.3. The van der Waals surface area contributed by atoms with Crippen molar-refractivity contribution in [2.24, 2.45) is 34.5 Å². The van der Waals surface area contributed by atoms with Crippen LogP contribution in [-0.2, 0) is 0 Å². The van der Waals surface area contributed by atoms with Crippen molar-refractivity contribution >= 4 is 0 Å². The Balaban J connectivity index is 1.46. The van der Waals surface area contributed by atoms with Crippen molar-refractivity contribution in [3.05, 3.63) is 11.6 Å². The summed E-state index contributed by atoms with van der Waals surface area (Å²) >= 11 is 0. The first-order chi connectivity index (χ1) is 13.7. The zero-order valence-electron chi connectivity index (χ0n) is 19.3. The standard InChI is InChI=1S/C27H43NO/c1-6-27(29)16-13-24-22-10-9-20-18-21(28-17-7-8-19(2)3)11-14-25(20,4)23(22)12-15-26(24,27)5/h1,18-19,21-24,28-29H,7-17H2,2-5H3/t21-,22?,23?,24?,25-,26-,27-/m0/s1. The Labute approximate surface area is 179 Å². The molecule has 2 N–H and O–H groups in total. The summed E-state index contributed by atoms with van der Waals surface area (Å²) in [5, 5.41) is 15.0. The summed E-state index contributed by atoms with van der Waals surface area (Å²) in [7, 11) is 0. The lowest BCUT2D eigenvalue weighted by Gasteiger charge is -2.59. The van der Waals surface area contributed by atoms with E-state index in [1.54, 1.807) is 5.57 Å². The summed E-state index contributed by atoms with van der Waals surface area (Å²) in [6.45, 7) is 10.6. The fraction of sp³-hybridized carbons (Fsp3) is 0.852. The molecule has 4 aliphatic rings. The van der Waals surface area contributed by atoms with Gasteiger partial charge >= 0.3 is 0 Å². The monoisotopic (exact) mass is 397 g/mol. The molecule has 0 heterocycles. The lowest BCUT2D eigenvalue weighted by molar-refractivity contribution is -0.1000. The van der Waals surface area contributed by atoms with Crippen LogP contribution in [0.5, 0.6) is 0 Å². The van der Waals surface area contributed by atoms with E-state index < -0.39 is 5.60 Å². The van der Waals surface area contributed by atoms with Crippen molar-refractivity contribution in [3.63, 3.8) is 0 Å². The fourth-order valence-corrected chi connectivity index (χ4v) is 7.94. The fourth-order valence-electron chi connectivity index (χ4n) is 7.94. The van der Waals surface area contributed by atoms with E-state index in [-0.39, 0.29) is 5.41 Å². The Kier molecular flexibility index (Phi) is 5.71. The normalized spacial score (nSPS) is 46.4. The molecule has 0 radical (unpaired) electrons. The Morgan fingerprint density at radius 3 is 2.62 bits per heavy atom. The van der Waals surface area contributed by atoms with Gasteiger partial charge < -0.3 is 10.4 Å². The number of fused-ring (bicyclic) bond motifs is 5. The molecule has 0 saturated heterocycles. The summed E-state index contributed by atoms with van der Waals surface area (Å²) in [6.07, 6.45) is 20.5.